The van der Waals surface area contributed by atoms with E-state index in [9.17, 15) is 15.4 Å². The van der Waals surface area contributed by atoms with Crippen LogP contribution in [0.5, 0.6) is 0 Å². The maximum atomic E-state index is 11.0. The Balaban J connectivity index is 2.09. The number of hydrogen-bond acceptors (Lipinski definition) is 3. The predicted molar refractivity (Wildman–Crippen MR) is 114 cm³/mol. The van der Waals surface area contributed by atoms with Gasteiger partial charge in [0.15, 0.2) is 0 Å². The minimum absolute atomic E-state index is 0.0329. The van der Waals surface area contributed by atoms with Gasteiger partial charge in [0.2, 0.25) is 0 Å². The van der Waals surface area contributed by atoms with E-state index in [2.05, 4.69) is 32.6 Å². The molecule has 0 unspecified atom stereocenters. The number of nitro benzene ring substituents is 1. The van der Waals surface area contributed by atoms with Crippen LogP contribution in [0.3, 0.4) is 0 Å². The van der Waals surface area contributed by atoms with E-state index < -0.39 is 4.92 Å². The highest BCUT2D eigenvalue weighted by Gasteiger charge is 2.13. The van der Waals surface area contributed by atoms with Gasteiger partial charge >= 0.3 is 0 Å². The second-order valence-electron chi connectivity index (χ2n) is 6.57. The quantitative estimate of drug-likeness (QED) is 0.280. The van der Waals surface area contributed by atoms with E-state index in [1.54, 1.807) is 18.2 Å². The van der Waals surface area contributed by atoms with Gasteiger partial charge in [-0.05, 0) is 67.8 Å². The van der Waals surface area contributed by atoms with Crippen LogP contribution in [-0.4, -0.2) is 9.49 Å². The molecule has 0 aliphatic carbocycles. The van der Waals surface area contributed by atoms with Gasteiger partial charge < -0.3 is 4.57 Å². The molecule has 1 aromatic heterocycles. The van der Waals surface area contributed by atoms with E-state index >= 15 is 0 Å². The van der Waals surface area contributed by atoms with Crippen molar-refractivity contribution >= 4 is 33.3 Å². The Hall–Kier alpha value is -3.17. The fraction of sp³-hybridized carbons (Fsp3) is 0.136. The Bertz CT molecular complexity index is 1150. The summed E-state index contributed by atoms with van der Waals surface area (Å²) >= 11 is 3.53. The third kappa shape index (κ3) is 3.75. The molecule has 3 aromatic rings. The van der Waals surface area contributed by atoms with E-state index in [1.165, 1.54) is 12.1 Å². The molecule has 0 atom stereocenters. The zero-order chi connectivity index (χ0) is 20.4. The van der Waals surface area contributed by atoms with Crippen molar-refractivity contribution in [2.75, 3.05) is 0 Å². The Kier molecular flexibility index (Phi) is 5.48. The first kappa shape index (κ1) is 19.6. The van der Waals surface area contributed by atoms with Crippen molar-refractivity contribution in [1.29, 1.82) is 5.26 Å². The van der Waals surface area contributed by atoms with Crippen molar-refractivity contribution in [3.63, 3.8) is 0 Å². The standard InChI is InChI=1S/C22H18BrN3O2/c1-14-9-20(7-8-22(14)23)25-15(2)10-18(16(25)3)11-19(13-24)17-5-4-6-21(12-17)26(27)28/h4-12H,1-3H3/b19-11-. The molecule has 0 aliphatic heterocycles. The van der Waals surface area contributed by atoms with Crippen LogP contribution >= 0.6 is 15.9 Å². The minimum Gasteiger partial charge on any atom is -0.318 e. The highest BCUT2D eigenvalue weighted by molar-refractivity contribution is 9.10. The zero-order valence-corrected chi connectivity index (χ0v) is 17.3. The molecule has 0 saturated carbocycles. The van der Waals surface area contributed by atoms with Crippen LogP contribution in [-0.2, 0) is 0 Å². The fourth-order valence-corrected chi connectivity index (χ4v) is 3.47. The average molecular weight is 436 g/mol. The van der Waals surface area contributed by atoms with Gasteiger partial charge in [0.1, 0.15) is 0 Å². The molecule has 28 heavy (non-hydrogen) atoms. The molecule has 2 aromatic carbocycles. The number of non-ortho nitro benzene ring substituents is 1. The SMILES string of the molecule is Cc1cc(-n2c(C)cc(/C=C(/C#N)c3cccc([N+](=O)[O-])c3)c2C)ccc1Br. The lowest BCUT2D eigenvalue weighted by Gasteiger charge is -2.11. The Labute approximate surface area is 171 Å². The van der Waals surface area contributed by atoms with Gasteiger partial charge in [0.25, 0.3) is 5.69 Å². The molecule has 0 bridgehead atoms. The minimum atomic E-state index is -0.458. The normalized spacial score (nSPS) is 11.3. The Morgan fingerprint density at radius 2 is 1.93 bits per heavy atom. The molecule has 6 heteroatoms. The summed E-state index contributed by atoms with van der Waals surface area (Å²) < 4.78 is 3.18. The maximum absolute atomic E-state index is 11.0. The number of allylic oxidation sites excluding steroid dienone is 1. The summed E-state index contributed by atoms with van der Waals surface area (Å²) in [5.74, 6) is 0. The summed E-state index contributed by atoms with van der Waals surface area (Å²) in [6, 6.07) is 16.5. The molecule has 1 heterocycles. The van der Waals surface area contributed by atoms with Gasteiger partial charge in [-0.25, -0.2) is 0 Å². The summed E-state index contributed by atoms with van der Waals surface area (Å²) in [6.45, 7) is 6.05. The molecule has 0 saturated heterocycles. The molecule has 0 aliphatic rings. The maximum Gasteiger partial charge on any atom is 0.270 e. The molecule has 3 rings (SSSR count). The molecular formula is C22H18BrN3O2. The summed E-state index contributed by atoms with van der Waals surface area (Å²) in [7, 11) is 0. The van der Waals surface area contributed by atoms with Crippen LogP contribution in [0.4, 0.5) is 5.69 Å². The van der Waals surface area contributed by atoms with E-state index in [4.69, 9.17) is 0 Å². The van der Waals surface area contributed by atoms with Crippen LogP contribution in [0.15, 0.2) is 53.0 Å². The van der Waals surface area contributed by atoms with Crippen LogP contribution < -0.4 is 0 Å². The number of aryl methyl sites for hydroxylation is 2. The lowest BCUT2D eigenvalue weighted by atomic mass is 10.0. The number of halogens is 1. The zero-order valence-electron chi connectivity index (χ0n) is 15.7. The first-order chi connectivity index (χ1) is 13.3. The summed E-state index contributed by atoms with van der Waals surface area (Å²) in [4.78, 5) is 10.6. The van der Waals surface area contributed by atoms with Crippen molar-refractivity contribution in [1.82, 2.24) is 4.57 Å². The summed E-state index contributed by atoms with van der Waals surface area (Å²) in [5, 5.41) is 20.7. The summed E-state index contributed by atoms with van der Waals surface area (Å²) in [5.41, 5.74) is 6.01. The number of nitrogens with zero attached hydrogens (tertiary/aromatic N) is 3. The Morgan fingerprint density at radius 3 is 2.57 bits per heavy atom. The van der Waals surface area contributed by atoms with Gasteiger partial charge in [-0.15, -0.1) is 0 Å². The molecule has 140 valence electrons. The van der Waals surface area contributed by atoms with E-state index in [0.717, 1.165) is 32.7 Å². The topological polar surface area (TPSA) is 71.9 Å². The van der Waals surface area contributed by atoms with Gasteiger partial charge in [-0.2, -0.15) is 5.26 Å². The highest BCUT2D eigenvalue weighted by atomic mass is 79.9. The van der Waals surface area contributed by atoms with E-state index in [-0.39, 0.29) is 5.69 Å². The third-order valence-electron chi connectivity index (χ3n) is 4.66. The van der Waals surface area contributed by atoms with Crippen LogP contribution in [0.1, 0.15) is 28.1 Å². The van der Waals surface area contributed by atoms with Crippen LogP contribution in [0.2, 0.25) is 0 Å². The molecule has 0 fully saturated rings. The average Bonchev–Trinajstić information content (AvgIpc) is 2.95. The van der Waals surface area contributed by atoms with Crippen molar-refractivity contribution in [2.24, 2.45) is 0 Å². The second kappa shape index (κ2) is 7.83. The van der Waals surface area contributed by atoms with Crippen molar-refractivity contribution in [3.8, 4) is 11.8 Å². The largest absolute Gasteiger partial charge is 0.318 e. The van der Waals surface area contributed by atoms with E-state index in [1.807, 2.05) is 39.0 Å². The number of hydrogen-bond donors (Lipinski definition) is 0. The molecule has 0 amide bonds. The van der Waals surface area contributed by atoms with Crippen molar-refractivity contribution in [3.05, 3.63) is 91.2 Å². The Morgan fingerprint density at radius 1 is 1.18 bits per heavy atom. The third-order valence-corrected chi connectivity index (χ3v) is 5.55. The molecule has 5 nitrogen and oxygen atoms in total. The molecular weight excluding hydrogens is 418 g/mol. The predicted octanol–water partition coefficient (Wildman–Crippen LogP) is 6.14. The molecule has 0 radical (unpaired) electrons. The van der Waals surface area contributed by atoms with Gasteiger partial charge in [0, 0.05) is 33.7 Å². The van der Waals surface area contributed by atoms with Crippen LogP contribution in [0, 0.1) is 42.2 Å². The van der Waals surface area contributed by atoms with Gasteiger partial charge in [-0.3, -0.25) is 10.1 Å². The number of aromatic nitrogens is 1. The van der Waals surface area contributed by atoms with Crippen molar-refractivity contribution in [2.45, 2.75) is 20.8 Å². The number of rotatable bonds is 4. The monoisotopic (exact) mass is 435 g/mol. The lowest BCUT2D eigenvalue weighted by molar-refractivity contribution is -0.384. The van der Waals surface area contributed by atoms with E-state index in [0.29, 0.717) is 11.1 Å². The number of nitriles is 1. The highest BCUT2D eigenvalue weighted by Crippen LogP contribution is 2.28. The number of nitro groups is 1. The lowest BCUT2D eigenvalue weighted by Crippen LogP contribution is -1.99. The van der Waals surface area contributed by atoms with Crippen molar-refractivity contribution < 1.29 is 4.92 Å². The molecule has 0 spiro atoms. The van der Waals surface area contributed by atoms with Gasteiger partial charge in [-0.1, -0.05) is 28.1 Å². The van der Waals surface area contributed by atoms with Gasteiger partial charge in [0.05, 0.1) is 16.6 Å². The number of benzene rings is 2. The first-order valence-corrected chi connectivity index (χ1v) is 9.43. The smallest absolute Gasteiger partial charge is 0.270 e. The summed E-state index contributed by atoms with van der Waals surface area (Å²) in [6.07, 6.45) is 1.78. The van der Waals surface area contributed by atoms with Crippen LogP contribution in [0.25, 0.3) is 17.3 Å². The molecule has 0 N–H and O–H groups in total. The first-order valence-electron chi connectivity index (χ1n) is 8.64. The second-order valence-corrected chi connectivity index (χ2v) is 7.43. The fourth-order valence-electron chi connectivity index (χ4n) is 3.22.